The number of carbonyl (C=O) groups excluding carboxylic acids is 1. The van der Waals surface area contributed by atoms with Crippen LogP contribution >= 0.6 is 0 Å². The second-order valence-corrected chi connectivity index (χ2v) is 7.50. The molecule has 24 heavy (non-hydrogen) atoms. The third-order valence-corrected chi connectivity index (χ3v) is 4.75. The number of sulfone groups is 1. The lowest BCUT2D eigenvalue weighted by Crippen LogP contribution is -2.28. The third kappa shape index (κ3) is 3.62. The first-order valence-electron chi connectivity index (χ1n) is 7.32. The van der Waals surface area contributed by atoms with Gasteiger partial charge in [-0.3, -0.25) is 4.79 Å². The van der Waals surface area contributed by atoms with Crippen LogP contribution in [-0.4, -0.2) is 32.4 Å². The average Bonchev–Trinajstić information content (AvgIpc) is 3.05. The van der Waals surface area contributed by atoms with Crippen LogP contribution in [0.4, 0.5) is 5.69 Å². The van der Waals surface area contributed by atoms with Crippen molar-refractivity contribution < 1.29 is 18.0 Å². The molecule has 2 aromatic rings. The van der Waals surface area contributed by atoms with E-state index in [1.165, 1.54) is 12.1 Å². The van der Waals surface area contributed by atoms with Crippen molar-refractivity contribution in [2.75, 3.05) is 11.6 Å². The third-order valence-electron chi connectivity index (χ3n) is 3.62. The maximum absolute atomic E-state index is 12.2. The Morgan fingerprint density at radius 2 is 1.79 bits per heavy atom. The molecule has 3 rings (SSSR count). The van der Waals surface area contributed by atoms with Crippen LogP contribution in [0.15, 0.2) is 64.6 Å². The number of amides is 1. The summed E-state index contributed by atoms with van der Waals surface area (Å²) in [6.45, 7) is 0. The molecule has 1 aliphatic rings. The molecule has 0 radical (unpaired) electrons. The van der Waals surface area contributed by atoms with Gasteiger partial charge < -0.3 is 10.2 Å². The molecule has 124 valence electrons. The molecule has 0 fully saturated rings. The minimum Gasteiger partial charge on any atom is -0.382 e. The number of benzene rings is 2. The lowest BCUT2D eigenvalue weighted by atomic mass is 10.0. The van der Waals surface area contributed by atoms with E-state index in [1.54, 1.807) is 12.1 Å². The fourth-order valence-corrected chi connectivity index (χ4v) is 2.96. The second-order valence-electron chi connectivity index (χ2n) is 5.49. The van der Waals surface area contributed by atoms with Crippen molar-refractivity contribution in [3.8, 4) is 0 Å². The van der Waals surface area contributed by atoms with Crippen LogP contribution in [0.2, 0.25) is 0 Å². The van der Waals surface area contributed by atoms with Crippen LogP contribution in [-0.2, 0) is 19.5 Å². The smallest absolute Gasteiger partial charge is 0.268 e. The monoisotopic (exact) mass is 344 g/mol. The molecule has 1 aliphatic heterocycles. The summed E-state index contributed by atoms with van der Waals surface area (Å²) in [4.78, 5) is 17.7. The molecule has 1 heterocycles. The Hall–Kier alpha value is -2.67. The highest BCUT2D eigenvalue weighted by Gasteiger charge is 2.28. The van der Waals surface area contributed by atoms with Gasteiger partial charge in [0.05, 0.1) is 10.6 Å². The molecule has 1 N–H and O–H groups in total. The van der Waals surface area contributed by atoms with Gasteiger partial charge in [0.15, 0.2) is 9.84 Å². The Morgan fingerprint density at radius 3 is 2.42 bits per heavy atom. The molecule has 1 amide bonds. The summed E-state index contributed by atoms with van der Waals surface area (Å²) < 4.78 is 22.8. The van der Waals surface area contributed by atoms with Crippen LogP contribution in [0.3, 0.4) is 0 Å². The first-order valence-corrected chi connectivity index (χ1v) is 9.22. The Labute approximate surface area is 140 Å². The fraction of sp³-hybridized carbons (Fsp3) is 0.176. The summed E-state index contributed by atoms with van der Waals surface area (Å²) >= 11 is 0. The largest absolute Gasteiger partial charge is 0.382 e. The normalized spacial score (nSPS) is 17.0. The summed E-state index contributed by atoms with van der Waals surface area (Å²) in [5.74, 6) is -0.322. The van der Waals surface area contributed by atoms with E-state index in [-0.39, 0.29) is 10.8 Å². The van der Waals surface area contributed by atoms with Crippen LogP contribution in [0.5, 0.6) is 0 Å². The minimum atomic E-state index is -3.26. The van der Waals surface area contributed by atoms with Crippen LogP contribution in [0, 0.1) is 0 Å². The van der Waals surface area contributed by atoms with E-state index in [2.05, 4.69) is 10.5 Å². The highest BCUT2D eigenvalue weighted by atomic mass is 32.2. The zero-order valence-corrected chi connectivity index (χ0v) is 13.8. The molecule has 6 nitrogen and oxygen atoms in total. The fourth-order valence-electron chi connectivity index (χ4n) is 2.33. The lowest BCUT2D eigenvalue weighted by molar-refractivity contribution is -0.125. The number of oxime groups is 1. The highest BCUT2D eigenvalue weighted by molar-refractivity contribution is 7.90. The van der Waals surface area contributed by atoms with E-state index in [0.717, 1.165) is 17.5 Å². The van der Waals surface area contributed by atoms with Crippen molar-refractivity contribution in [1.29, 1.82) is 0 Å². The number of rotatable bonds is 4. The second kappa shape index (κ2) is 6.45. The van der Waals surface area contributed by atoms with Crippen LogP contribution in [0.25, 0.3) is 0 Å². The lowest BCUT2D eigenvalue weighted by Gasteiger charge is -2.10. The van der Waals surface area contributed by atoms with Gasteiger partial charge in [-0.2, -0.15) is 0 Å². The van der Waals surface area contributed by atoms with Gasteiger partial charge in [-0.15, -0.1) is 0 Å². The molecule has 1 unspecified atom stereocenters. The molecule has 0 saturated carbocycles. The van der Waals surface area contributed by atoms with E-state index in [4.69, 9.17) is 4.84 Å². The Kier molecular flexibility index (Phi) is 4.35. The number of carbonyl (C=O) groups is 1. The van der Waals surface area contributed by atoms with Crippen molar-refractivity contribution in [3.05, 3.63) is 60.2 Å². The highest BCUT2D eigenvalue weighted by Crippen LogP contribution is 2.19. The van der Waals surface area contributed by atoms with Crippen molar-refractivity contribution in [3.63, 3.8) is 0 Å². The first kappa shape index (κ1) is 16.2. The zero-order valence-electron chi connectivity index (χ0n) is 13.0. The average molecular weight is 344 g/mol. The molecule has 0 aromatic heterocycles. The molecule has 0 spiro atoms. The quantitative estimate of drug-likeness (QED) is 0.922. The zero-order chi connectivity index (χ0) is 17.2. The van der Waals surface area contributed by atoms with E-state index < -0.39 is 15.9 Å². The molecule has 0 aliphatic carbocycles. The standard InChI is InChI=1S/C17H16N2O4S/c1-24(21,22)14-9-7-13(8-10-14)18-17(20)16-11-15(19-23-16)12-5-3-2-4-6-12/h2-10,16H,11H2,1H3,(H,18,20). The molecule has 2 aromatic carbocycles. The predicted octanol–water partition coefficient (Wildman–Crippen LogP) is 2.22. The summed E-state index contributed by atoms with van der Waals surface area (Å²) in [5.41, 5.74) is 2.15. The van der Waals surface area contributed by atoms with Gasteiger partial charge in [-0.05, 0) is 29.8 Å². The molecule has 1 atom stereocenters. The van der Waals surface area contributed by atoms with Gasteiger partial charge in [0.25, 0.3) is 5.91 Å². The Bertz CT molecular complexity index is 875. The van der Waals surface area contributed by atoms with Gasteiger partial charge in [-0.1, -0.05) is 35.5 Å². The SMILES string of the molecule is CS(=O)(=O)c1ccc(NC(=O)C2CC(c3ccccc3)=NO2)cc1. The number of anilines is 1. The molecule has 0 saturated heterocycles. The van der Waals surface area contributed by atoms with Gasteiger partial charge in [0, 0.05) is 18.4 Å². The molecule has 7 heteroatoms. The van der Waals surface area contributed by atoms with Gasteiger partial charge in [-0.25, -0.2) is 8.42 Å². The van der Waals surface area contributed by atoms with Gasteiger partial charge in [0.2, 0.25) is 6.10 Å². The molecular weight excluding hydrogens is 328 g/mol. The van der Waals surface area contributed by atoms with Crippen molar-refractivity contribution in [2.45, 2.75) is 17.4 Å². The van der Waals surface area contributed by atoms with Gasteiger partial charge >= 0.3 is 0 Å². The summed E-state index contributed by atoms with van der Waals surface area (Å²) in [7, 11) is -3.26. The number of hydrogen-bond donors (Lipinski definition) is 1. The molecular formula is C17H16N2O4S. The van der Waals surface area contributed by atoms with Crippen molar-refractivity contribution in [2.24, 2.45) is 5.16 Å². The predicted molar refractivity (Wildman–Crippen MR) is 90.7 cm³/mol. The molecule has 0 bridgehead atoms. The maximum atomic E-state index is 12.2. The number of hydrogen-bond acceptors (Lipinski definition) is 5. The Morgan fingerprint density at radius 1 is 1.12 bits per heavy atom. The topological polar surface area (TPSA) is 84.8 Å². The minimum absolute atomic E-state index is 0.201. The van der Waals surface area contributed by atoms with Crippen LogP contribution in [0.1, 0.15) is 12.0 Å². The first-order chi connectivity index (χ1) is 11.4. The summed E-state index contributed by atoms with van der Waals surface area (Å²) in [6.07, 6.45) is 0.821. The number of nitrogens with zero attached hydrogens (tertiary/aromatic N) is 1. The Balaban J connectivity index is 1.63. The van der Waals surface area contributed by atoms with Crippen LogP contribution < -0.4 is 5.32 Å². The van der Waals surface area contributed by atoms with Crippen molar-refractivity contribution in [1.82, 2.24) is 0 Å². The van der Waals surface area contributed by atoms with E-state index in [0.29, 0.717) is 12.1 Å². The van der Waals surface area contributed by atoms with E-state index >= 15 is 0 Å². The van der Waals surface area contributed by atoms with E-state index in [9.17, 15) is 13.2 Å². The van der Waals surface area contributed by atoms with Crippen molar-refractivity contribution >= 4 is 27.1 Å². The summed E-state index contributed by atoms with van der Waals surface area (Å²) in [6, 6.07) is 15.5. The summed E-state index contributed by atoms with van der Waals surface area (Å²) in [5, 5.41) is 6.68. The van der Waals surface area contributed by atoms with Gasteiger partial charge in [0.1, 0.15) is 0 Å². The number of nitrogens with one attached hydrogen (secondary N) is 1. The maximum Gasteiger partial charge on any atom is 0.268 e. The van der Waals surface area contributed by atoms with E-state index in [1.807, 2.05) is 30.3 Å².